The fraction of sp³-hybridized carbons (Fsp3) is 0.200. The van der Waals surface area contributed by atoms with Gasteiger partial charge in [-0.25, -0.2) is 4.98 Å². The van der Waals surface area contributed by atoms with Gasteiger partial charge in [-0.1, -0.05) is 24.6 Å². The predicted octanol–water partition coefficient (Wildman–Crippen LogP) is 4.46. The molecule has 0 fully saturated rings. The van der Waals surface area contributed by atoms with Crippen molar-refractivity contribution in [3.05, 3.63) is 87.7 Å². The molecule has 0 radical (unpaired) electrons. The van der Waals surface area contributed by atoms with Gasteiger partial charge in [0.15, 0.2) is 5.78 Å². The van der Waals surface area contributed by atoms with E-state index >= 15 is 0 Å². The summed E-state index contributed by atoms with van der Waals surface area (Å²) in [4.78, 5) is 30.5. The van der Waals surface area contributed by atoms with E-state index in [1.54, 1.807) is 24.4 Å². The molecule has 33 heavy (non-hydrogen) atoms. The number of nitriles is 1. The number of carbonyl (C=O) groups excluding carboxylic acids is 1. The Balaban J connectivity index is 1.71. The lowest BCUT2D eigenvalue weighted by Gasteiger charge is -2.20. The molecule has 166 valence electrons. The molecule has 1 aromatic carbocycles. The lowest BCUT2D eigenvalue weighted by Crippen LogP contribution is -2.30. The number of Topliss-reactive ketones (excluding diaryl/α,β-unsaturated/α-hetero) is 1. The highest BCUT2D eigenvalue weighted by Gasteiger charge is 2.23. The van der Waals surface area contributed by atoms with Crippen LogP contribution in [0.3, 0.4) is 0 Å². The SMILES string of the molecule is CCC(C(=O)Cc1ccc2nccn2c1)n1cc(OC)c(-c2cc(Cl)ccc2C#N)cc1=O. The fourth-order valence-corrected chi connectivity index (χ4v) is 4.12. The summed E-state index contributed by atoms with van der Waals surface area (Å²) in [5.41, 5.74) is 2.59. The molecule has 1 unspecified atom stereocenters. The number of hydrogen-bond donors (Lipinski definition) is 0. The first kappa shape index (κ1) is 22.3. The van der Waals surface area contributed by atoms with Crippen molar-refractivity contribution in [3.8, 4) is 22.9 Å². The monoisotopic (exact) mass is 460 g/mol. The van der Waals surface area contributed by atoms with Gasteiger partial charge in [-0.3, -0.25) is 9.59 Å². The van der Waals surface area contributed by atoms with Gasteiger partial charge >= 0.3 is 0 Å². The summed E-state index contributed by atoms with van der Waals surface area (Å²) in [7, 11) is 1.48. The molecule has 0 aliphatic rings. The van der Waals surface area contributed by atoms with Crippen LogP contribution < -0.4 is 10.3 Å². The standard InChI is InChI=1S/C25H21ClN4O3/c1-3-21(22(31)10-16-4-7-24-28-8-9-29(24)14-16)30-15-23(33-2)20(12-25(30)32)19-11-18(26)6-5-17(19)13-27/h4-9,11-12,14-15,21H,3,10H2,1-2H3. The van der Waals surface area contributed by atoms with Crippen LogP contribution in [0.25, 0.3) is 16.8 Å². The first-order chi connectivity index (χ1) is 15.9. The minimum Gasteiger partial charge on any atom is -0.495 e. The highest BCUT2D eigenvalue weighted by Crippen LogP contribution is 2.33. The van der Waals surface area contributed by atoms with E-state index in [-0.39, 0.29) is 17.8 Å². The number of ether oxygens (including phenoxy) is 1. The van der Waals surface area contributed by atoms with Gasteiger partial charge in [0.25, 0.3) is 5.56 Å². The highest BCUT2D eigenvalue weighted by molar-refractivity contribution is 6.31. The van der Waals surface area contributed by atoms with Crippen LogP contribution in [0.5, 0.6) is 5.75 Å². The molecule has 1 atom stereocenters. The van der Waals surface area contributed by atoms with E-state index in [0.29, 0.717) is 33.9 Å². The number of fused-ring (bicyclic) bond motifs is 1. The van der Waals surface area contributed by atoms with Gasteiger partial charge in [-0.2, -0.15) is 5.26 Å². The van der Waals surface area contributed by atoms with E-state index in [9.17, 15) is 14.9 Å². The Labute approximate surface area is 195 Å². The minimum absolute atomic E-state index is 0.0886. The Morgan fingerprint density at radius 3 is 2.76 bits per heavy atom. The van der Waals surface area contributed by atoms with Gasteiger partial charge in [0, 0.05) is 47.2 Å². The second kappa shape index (κ2) is 9.31. The molecular weight excluding hydrogens is 440 g/mol. The second-order valence-corrected chi connectivity index (χ2v) is 8.04. The first-order valence-corrected chi connectivity index (χ1v) is 10.8. The largest absolute Gasteiger partial charge is 0.495 e. The molecule has 4 aromatic rings. The van der Waals surface area contributed by atoms with Gasteiger partial charge in [0.05, 0.1) is 31.0 Å². The molecule has 3 heterocycles. The average Bonchev–Trinajstić information content (AvgIpc) is 3.28. The molecule has 7 nitrogen and oxygen atoms in total. The van der Waals surface area contributed by atoms with Crippen molar-refractivity contribution in [1.29, 1.82) is 5.26 Å². The smallest absolute Gasteiger partial charge is 0.252 e. The number of benzene rings is 1. The summed E-state index contributed by atoms with van der Waals surface area (Å²) >= 11 is 6.13. The van der Waals surface area contributed by atoms with Crippen LogP contribution in [-0.4, -0.2) is 26.8 Å². The number of methoxy groups -OCH3 is 1. The quantitative estimate of drug-likeness (QED) is 0.406. The number of aromatic nitrogens is 3. The van der Waals surface area contributed by atoms with Gasteiger partial charge in [0.1, 0.15) is 11.4 Å². The molecule has 0 saturated carbocycles. The number of halogens is 1. The van der Waals surface area contributed by atoms with E-state index in [0.717, 1.165) is 11.2 Å². The van der Waals surface area contributed by atoms with Crippen LogP contribution in [-0.2, 0) is 11.2 Å². The van der Waals surface area contributed by atoms with Crippen molar-refractivity contribution in [2.75, 3.05) is 7.11 Å². The second-order valence-electron chi connectivity index (χ2n) is 7.60. The summed E-state index contributed by atoms with van der Waals surface area (Å²) in [5.74, 6) is 0.286. The van der Waals surface area contributed by atoms with Crippen LogP contribution in [0.4, 0.5) is 0 Å². The average molecular weight is 461 g/mol. The molecule has 0 aliphatic carbocycles. The van der Waals surface area contributed by atoms with Crippen molar-refractivity contribution in [3.63, 3.8) is 0 Å². The maximum absolute atomic E-state index is 13.2. The third-order valence-electron chi connectivity index (χ3n) is 5.58. The number of pyridine rings is 2. The van der Waals surface area contributed by atoms with Gasteiger partial charge < -0.3 is 13.7 Å². The lowest BCUT2D eigenvalue weighted by atomic mass is 9.99. The maximum Gasteiger partial charge on any atom is 0.252 e. The molecule has 0 saturated heterocycles. The summed E-state index contributed by atoms with van der Waals surface area (Å²) in [6.45, 7) is 1.86. The first-order valence-electron chi connectivity index (χ1n) is 10.4. The number of hydrogen-bond acceptors (Lipinski definition) is 5. The van der Waals surface area contributed by atoms with Crippen LogP contribution in [0.15, 0.2) is 66.0 Å². The minimum atomic E-state index is -0.659. The molecule has 4 rings (SSSR count). The lowest BCUT2D eigenvalue weighted by molar-refractivity contribution is -0.121. The third-order valence-corrected chi connectivity index (χ3v) is 5.81. The number of carbonyl (C=O) groups is 1. The topological polar surface area (TPSA) is 89.4 Å². The van der Waals surface area contributed by atoms with Gasteiger partial charge in [0.2, 0.25) is 0 Å². The maximum atomic E-state index is 13.2. The summed E-state index contributed by atoms with van der Waals surface area (Å²) in [6, 6.07) is 11.4. The summed E-state index contributed by atoms with van der Waals surface area (Å²) < 4.78 is 8.79. The van der Waals surface area contributed by atoms with Crippen molar-refractivity contribution in [2.24, 2.45) is 0 Å². The van der Waals surface area contributed by atoms with E-state index in [1.807, 2.05) is 35.9 Å². The molecule has 0 aliphatic heterocycles. The van der Waals surface area contributed by atoms with Crippen LogP contribution in [0, 0.1) is 11.3 Å². The Morgan fingerprint density at radius 1 is 1.21 bits per heavy atom. The van der Waals surface area contributed by atoms with Crippen LogP contribution in [0.1, 0.15) is 30.5 Å². The van der Waals surface area contributed by atoms with E-state index in [2.05, 4.69) is 11.1 Å². The van der Waals surface area contributed by atoms with E-state index in [4.69, 9.17) is 16.3 Å². The van der Waals surface area contributed by atoms with Crippen LogP contribution in [0.2, 0.25) is 5.02 Å². The van der Waals surface area contributed by atoms with Gasteiger partial charge in [-0.15, -0.1) is 0 Å². The molecule has 0 amide bonds. The number of ketones is 1. The molecule has 0 spiro atoms. The Bertz CT molecular complexity index is 1450. The van der Waals surface area contributed by atoms with E-state index in [1.165, 1.54) is 23.9 Å². The van der Waals surface area contributed by atoms with E-state index < -0.39 is 6.04 Å². The fourth-order valence-electron chi connectivity index (χ4n) is 3.95. The zero-order valence-corrected chi connectivity index (χ0v) is 18.9. The number of rotatable bonds is 7. The zero-order valence-electron chi connectivity index (χ0n) is 18.2. The van der Waals surface area contributed by atoms with Crippen LogP contribution >= 0.6 is 11.6 Å². The third kappa shape index (κ3) is 4.38. The van der Waals surface area contributed by atoms with Crippen molar-refractivity contribution in [2.45, 2.75) is 25.8 Å². The Morgan fingerprint density at radius 2 is 2.03 bits per heavy atom. The molecule has 0 bridgehead atoms. The molecule has 8 heteroatoms. The Kier molecular flexibility index (Phi) is 6.29. The summed E-state index contributed by atoms with van der Waals surface area (Å²) in [6.07, 6.45) is 7.53. The van der Waals surface area contributed by atoms with Gasteiger partial charge in [-0.05, 0) is 36.2 Å². The number of nitrogens with zero attached hydrogens (tertiary/aromatic N) is 4. The van der Waals surface area contributed by atoms with Crippen molar-refractivity contribution >= 4 is 23.0 Å². The van der Waals surface area contributed by atoms with Crippen molar-refractivity contribution < 1.29 is 9.53 Å². The molecule has 0 N–H and O–H groups in total. The number of imidazole rings is 1. The highest BCUT2D eigenvalue weighted by atomic mass is 35.5. The molecule has 3 aromatic heterocycles. The normalized spacial score (nSPS) is 11.8. The zero-order chi connectivity index (χ0) is 23.5. The van der Waals surface area contributed by atoms with Crippen molar-refractivity contribution in [1.82, 2.24) is 14.0 Å². The Hall–Kier alpha value is -3.89. The predicted molar refractivity (Wildman–Crippen MR) is 126 cm³/mol. The molecular formula is C25H21ClN4O3. The summed E-state index contributed by atoms with van der Waals surface area (Å²) in [5, 5.41) is 9.92.